The quantitative estimate of drug-likeness (QED) is 0.797. The van der Waals surface area contributed by atoms with Crippen molar-refractivity contribution in [2.75, 3.05) is 33.3 Å². The third-order valence-corrected chi connectivity index (χ3v) is 7.17. The highest BCUT2D eigenvalue weighted by atomic mass is 32.2. The van der Waals surface area contributed by atoms with Crippen LogP contribution in [0.15, 0.2) is 29.2 Å². The number of nitrogens with zero attached hydrogens (tertiary/aromatic N) is 2. The Labute approximate surface area is 161 Å². The first-order valence-electron chi connectivity index (χ1n) is 9.67. The van der Waals surface area contributed by atoms with Gasteiger partial charge in [0.1, 0.15) is 5.75 Å². The zero-order valence-corrected chi connectivity index (χ0v) is 16.7. The first-order chi connectivity index (χ1) is 13.0. The number of hydrogen-bond acceptors (Lipinski definition) is 5. The molecule has 8 heteroatoms. The van der Waals surface area contributed by atoms with Crippen LogP contribution in [0.2, 0.25) is 0 Å². The Balaban J connectivity index is 1.58. The Bertz CT molecular complexity index is 730. The number of nitrogens with one attached hydrogen (secondary N) is 1. The van der Waals surface area contributed by atoms with Crippen molar-refractivity contribution in [1.82, 2.24) is 14.7 Å². The Hall–Kier alpha value is -1.64. The van der Waals surface area contributed by atoms with Crippen LogP contribution in [-0.2, 0) is 14.8 Å². The van der Waals surface area contributed by atoms with Gasteiger partial charge in [0.15, 0.2) is 0 Å². The molecule has 2 heterocycles. The second-order valence-electron chi connectivity index (χ2n) is 7.33. The van der Waals surface area contributed by atoms with Crippen molar-refractivity contribution in [3.63, 3.8) is 0 Å². The summed E-state index contributed by atoms with van der Waals surface area (Å²) in [5.74, 6) is 0.669. The summed E-state index contributed by atoms with van der Waals surface area (Å²) in [6.45, 7) is 2.68. The summed E-state index contributed by atoms with van der Waals surface area (Å²) in [6.07, 6.45) is 5.45. The number of rotatable bonds is 6. The zero-order valence-electron chi connectivity index (χ0n) is 15.9. The average Bonchev–Trinajstić information content (AvgIpc) is 2.69. The molecule has 2 saturated heterocycles. The fraction of sp³-hybridized carbons (Fsp3) is 0.632. The van der Waals surface area contributed by atoms with Crippen LogP contribution in [0.5, 0.6) is 5.75 Å². The molecule has 1 aromatic carbocycles. The van der Waals surface area contributed by atoms with E-state index in [1.54, 1.807) is 31.4 Å². The zero-order chi connectivity index (χ0) is 19.3. The molecule has 1 amide bonds. The number of ether oxygens (including phenoxy) is 1. The normalized spacial score (nSPS) is 22.3. The van der Waals surface area contributed by atoms with Gasteiger partial charge in [-0.15, -0.1) is 0 Å². The molecule has 2 aliphatic rings. The van der Waals surface area contributed by atoms with Gasteiger partial charge in [-0.1, -0.05) is 6.42 Å². The molecule has 0 bridgehead atoms. The van der Waals surface area contributed by atoms with Gasteiger partial charge in [0.25, 0.3) is 0 Å². The maximum atomic E-state index is 12.9. The lowest BCUT2D eigenvalue weighted by Crippen LogP contribution is -2.47. The van der Waals surface area contributed by atoms with Crippen molar-refractivity contribution in [3.05, 3.63) is 24.3 Å². The summed E-state index contributed by atoms with van der Waals surface area (Å²) in [5, 5.41) is 1.99. The molecule has 0 spiro atoms. The van der Waals surface area contributed by atoms with E-state index < -0.39 is 10.0 Å². The fourth-order valence-corrected chi connectivity index (χ4v) is 5.35. The number of benzene rings is 1. The topological polar surface area (TPSA) is 79.0 Å². The predicted molar refractivity (Wildman–Crippen MR) is 103 cm³/mol. The Kier molecular flexibility index (Phi) is 6.73. The van der Waals surface area contributed by atoms with Crippen LogP contribution >= 0.6 is 0 Å². The van der Waals surface area contributed by atoms with Gasteiger partial charge in [0, 0.05) is 32.6 Å². The summed E-state index contributed by atoms with van der Waals surface area (Å²) in [7, 11) is -2.00. The van der Waals surface area contributed by atoms with Crippen LogP contribution in [0.25, 0.3) is 0 Å². The molecule has 7 nitrogen and oxygen atoms in total. The van der Waals surface area contributed by atoms with Crippen molar-refractivity contribution in [3.8, 4) is 5.75 Å². The summed E-state index contributed by atoms with van der Waals surface area (Å²) in [5.41, 5.74) is 2.98. The van der Waals surface area contributed by atoms with Crippen LogP contribution in [0, 0.1) is 5.92 Å². The molecule has 2 fully saturated rings. The van der Waals surface area contributed by atoms with E-state index >= 15 is 0 Å². The van der Waals surface area contributed by atoms with Crippen molar-refractivity contribution < 1.29 is 17.9 Å². The standard InChI is InChI=1S/C19H29N3O4S/c1-26-17-7-9-18(10-8-17)27(24,25)22-13-5-6-16(15-22)14-19(23)20-21-11-3-2-4-12-21/h7-10,16H,2-6,11-15H2,1H3,(H,20,23). The molecule has 150 valence electrons. The van der Waals surface area contributed by atoms with Crippen molar-refractivity contribution in [2.45, 2.75) is 43.4 Å². The highest BCUT2D eigenvalue weighted by Gasteiger charge is 2.31. The Morgan fingerprint density at radius 3 is 2.48 bits per heavy atom. The Morgan fingerprint density at radius 1 is 1.11 bits per heavy atom. The van der Waals surface area contributed by atoms with E-state index in [-0.39, 0.29) is 16.7 Å². The SMILES string of the molecule is COc1ccc(S(=O)(=O)N2CCCC(CC(=O)NN3CCCCC3)C2)cc1. The van der Waals surface area contributed by atoms with Crippen LogP contribution in [0.4, 0.5) is 0 Å². The number of methoxy groups -OCH3 is 1. The van der Waals surface area contributed by atoms with Gasteiger partial charge in [-0.2, -0.15) is 4.31 Å². The van der Waals surface area contributed by atoms with Gasteiger partial charge in [-0.3, -0.25) is 10.2 Å². The second kappa shape index (κ2) is 9.03. The number of hydrazine groups is 1. The second-order valence-corrected chi connectivity index (χ2v) is 9.27. The number of carbonyl (C=O) groups excluding carboxylic acids is 1. The average molecular weight is 396 g/mol. The fourth-order valence-electron chi connectivity index (χ4n) is 3.80. The molecule has 0 saturated carbocycles. The van der Waals surface area contributed by atoms with E-state index in [0.29, 0.717) is 25.3 Å². The van der Waals surface area contributed by atoms with Gasteiger partial charge >= 0.3 is 0 Å². The summed E-state index contributed by atoms with van der Waals surface area (Å²) in [6, 6.07) is 6.45. The van der Waals surface area contributed by atoms with Gasteiger partial charge in [-0.05, 0) is 55.9 Å². The largest absolute Gasteiger partial charge is 0.497 e. The minimum Gasteiger partial charge on any atom is -0.497 e. The molecule has 1 N–H and O–H groups in total. The minimum atomic E-state index is -3.55. The lowest BCUT2D eigenvalue weighted by atomic mass is 9.96. The first kappa shape index (κ1) is 20.1. The summed E-state index contributed by atoms with van der Waals surface area (Å²) in [4.78, 5) is 12.6. The maximum Gasteiger partial charge on any atom is 0.243 e. The predicted octanol–water partition coefficient (Wildman–Crippen LogP) is 2.00. The van der Waals surface area contributed by atoms with Crippen LogP contribution in [0.3, 0.4) is 0 Å². The van der Waals surface area contributed by atoms with E-state index in [1.807, 2.05) is 5.01 Å². The summed E-state index contributed by atoms with van der Waals surface area (Å²) >= 11 is 0. The van der Waals surface area contributed by atoms with Crippen molar-refractivity contribution in [2.24, 2.45) is 5.92 Å². The molecule has 3 rings (SSSR count). The molecular weight excluding hydrogens is 366 g/mol. The third kappa shape index (κ3) is 5.21. The lowest BCUT2D eigenvalue weighted by Gasteiger charge is -2.32. The summed E-state index contributed by atoms with van der Waals surface area (Å²) < 4.78 is 32.4. The molecule has 1 aromatic rings. The smallest absolute Gasteiger partial charge is 0.243 e. The van der Waals surface area contributed by atoms with E-state index in [9.17, 15) is 13.2 Å². The van der Waals surface area contributed by atoms with Crippen LogP contribution in [0.1, 0.15) is 38.5 Å². The lowest BCUT2D eigenvalue weighted by molar-refractivity contribution is -0.127. The number of carbonyl (C=O) groups is 1. The molecular formula is C19H29N3O4S. The van der Waals surface area contributed by atoms with E-state index in [4.69, 9.17) is 4.74 Å². The molecule has 1 atom stereocenters. The van der Waals surface area contributed by atoms with Gasteiger partial charge in [0.2, 0.25) is 15.9 Å². The molecule has 0 aliphatic carbocycles. The van der Waals surface area contributed by atoms with E-state index in [0.717, 1.165) is 38.8 Å². The molecule has 1 unspecified atom stereocenters. The number of amides is 1. The third-order valence-electron chi connectivity index (χ3n) is 5.29. The van der Waals surface area contributed by atoms with Crippen molar-refractivity contribution >= 4 is 15.9 Å². The number of piperidine rings is 2. The molecule has 2 aliphatic heterocycles. The van der Waals surface area contributed by atoms with E-state index in [1.165, 1.54) is 10.7 Å². The molecule has 0 radical (unpaired) electrons. The Morgan fingerprint density at radius 2 is 1.81 bits per heavy atom. The maximum absolute atomic E-state index is 12.9. The minimum absolute atomic E-state index is 0.00871. The number of sulfonamides is 1. The highest BCUT2D eigenvalue weighted by molar-refractivity contribution is 7.89. The van der Waals surface area contributed by atoms with Crippen LogP contribution < -0.4 is 10.2 Å². The number of hydrogen-bond donors (Lipinski definition) is 1. The molecule has 27 heavy (non-hydrogen) atoms. The van der Waals surface area contributed by atoms with E-state index in [2.05, 4.69) is 5.43 Å². The molecule has 0 aromatic heterocycles. The van der Waals surface area contributed by atoms with Gasteiger partial charge < -0.3 is 4.74 Å². The highest BCUT2D eigenvalue weighted by Crippen LogP contribution is 2.26. The first-order valence-corrected chi connectivity index (χ1v) is 11.1. The van der Waals surface area contributed by atoms with Gasteiger partial charge in [0.05, 0.1) is 12.0 Å². The monoisotopic (exact) mass is 395 g/mol. The van der Waals surface area contributed by atoms with Crippen LogP contribution in [-0.4, -0.2) is 56.9 Å². The van der Waals surface area contributed by atoms with Crippen molar-refractivity contribution in [1.29, 1.82) is 0 Å². The van der Waals surface area contributed by atoms with Gasteiger partial charge in [-0.25, -0.2) is 13.4 Å².